The van der Waals surface area contributed by atoms with Gasteiger partial charge in [0, 0.05) is 44.6 Å². The predicted molar refractivity (Wildman–Crippen MR) is 104 cm³/mol. The summed E-state index contributed by atoms with van der Waals surface area (Å²) in [6.07, 6.45) is -2.15. The maximum Gasteiger partial charge on any atom is 0.488 e. The quantitative estimate of drug-likeness (QED) is 0.694. The first kappa shape index (κ1) is 22.1. The summed E-state index contributed by atoms with van der Waals surface area (Å²) in [7, 11) is -1.58. The van der Waals surface area contributed by atoms with Gasteiger partial charge in [0.25, 0.3) is 0 Å². The number of halogens is 3. The molecule has 0 radical (unpaired) electrons. The molecule has 1 saturated heterocycles. The molecule has 30 heavy (non-hydrogen) atoms. The third kappa shape index (κ3) is 5.73. The number of piperidine rings is 1. The average molecular weight is 422 g/mol. The first-order valence-corrected chi connectivity index (χ1v) is 9.65. The van der Waals surface area contributed by atoms with Crippen molar-refractivity contribution in [2.75, 3.05) is 13.1 Å². The summed E-state index contributed by atoms with van der Waals surface area (Å²) in [6.45, 7) is 0.961. The molecule has 0 bridgehead atoms. The van der Waals surface area contributed by atoms with Crippen molar-refractivity contribution in [3.63, 3.8) is 0 Å². The number of carbonyl (C=O) groups excluding carboxylic acids is 1. The fourth-order valence-electron chi connectivity index (χ4n) is 3.42. The lowest BCUT2D eigenvalue weighted by molar-refractivity contribution is -0.137. The van der Waals surface area contributed by atoms with Gasteiger partial charge in [0.15, 0.2) is 0 Å². The Morgan fingerprint density at radius 3 is 2.47 bits per heavy atom. The Kier molecular flexibility index (Phi) is 6.99. The van der Waals surface area contributed by atoms with Gasteiger partial charge in [0.2, 0.25) is 11.8 Å². The van der Waals surface area contributed by atoms with E-state index in [1.165, 1.54) is 6.07 Å². The van der Waals surface area contributed by atoms with Crippen molar-refractivity contribution < 1.29 is 32.8 Å². The van der Waals surface area contributed by atoms with Crippen molar-refractivity contribution in [1.82, 2.24) is 9.88 Å². The number of rotatable bonds is 6. The zero-order valence-electron chi connectivity index (χ0n) is 16.2. The van der Waals surface area contributed by atoms with Crippen LogP contribution in [0, 0.1) is 0 Å². The van der Waals surface area contributed by atoms with E-state index in [-0.39, 0.29) is 24.3 Å². The van der Waals surface area contributed by atoms with Crippen LogP contribution in [0.4, 0.5) is 13.2 Å². The molecule has 1 aliphatic rings. The van der Waals surface area contributed by atoms with Crippen LogP contribution in [0.25, 0.3) is 0 Å². The van der Waals surface area contributed by atoms with Gasteiger partial charge < -0.3 is 19.7 Å². The topological polar surface area (TPSA) is 82.9 Å². The standard InChI is InChI=1S/C20H22BF3N2O4/c22-20(23,24)15-6-7-18(25-13-15)30-16-9-11-26(12-10-16)19(27)8-5-14-3-1-2-4-17(14)21(28)29/h1-4,6-7,13,16,28-29H,5,8-12H2. The molecule has 160 valence electrons. The number of hydrogen-bond donors (Lipinski definition) is 2. The van der Waals surface area contributed by atoms with Gasteiger partial charge in [-0.1, -0.05) is 24.3 Å². The number of hydrogen-bond acceptors (Lipinski definition) is 5. The Morgan fingerprint density at radius 2 is 1.87 bits per heavy atom. The highest BCUT2D eigenvalue weighted by molar-refractivity contribution is 6.59. The van der Waals surface area contributed by atoms with Gasteiger partial charge in [0.05, 0.1) is 5.56 Å². The monoisotopic (exact) mass is 422 g/mol. The second-order valence-corrected chi connectivity index (χ2v) is 7.15. The lowest BCUT2D eigenvalue weighted by Gasteiger charge is -2.32. The minimum atomic E-state index is -4.44. The summed E-state index contributed by atoms with van der Waals surface area (Å²) in [5.41, 5.74) is 0.277. The molecule has 1 aromatic heterocycles. The molecule has 6 nitrogen and oxygen atoms in total. The van der Waals surface area contributed by atoms with Crippen molar-refractivity contribution in [3.05, 3.63) is 53.7 Å². The Morgan fingerprint density at radius 1 is 1.17 bits per heavy atom. The Labute approximate surface area is 172 Å². The first-order valence-electron chi connectivity index (χ1n) is 9.65. The fourth-order valence-corrected chi connectivity index (χ4v) is 3.42. The third-order valence-electron chi connectivity index (χ3n) is 5.09. The van der Waals surface area contributed by atoms with Gasteiger partial charge in [-0.25, -0.2) is 4.98 Å². The van der Waals surface area contributed by atoms with Crippen LogP contribution in [-0.4, -0.2) is 52.2 Å². The summed E-state index contributed by atoms with van der Waals surface area (Å²) in [4.78, 5) is 17.9. The molecule has 3 rings (SSSR count). The lowest BCUT2D eigenvalue weighted by atomic mass is 9.76. The zero-order valence-corrected chi connectivity index (χ0v) is 16.2. The molecule has 0 spiro atoms. The summed E-state index contributed by atoms with van der Waals surface area (Å²) in [5, 5.41) is 18.8. The van der Waals surface area contributed by atoms with Crippen LogP contribution in [-0.2, 0) is 17.4 Å². The summed E-state index contributed by atoms with van der Waals surface area (Å²) < 4.78 is 43.4. The van der Waals surface area contributed by atoms with Crippen LogP contribution in [0.5, 0.6) is 5.88 Å². The molecular weight excluding hydrogens is 400 g/mol. The summed E-state index contributed by atoms with van der Waals surface area (Å²) in [6, 6.07) is 9.00. The highest BCUT2D eigenvalue weighted by Crippen LogP contribution is 2.29. The maximum absolute atomic E-state index is 12.6. The van der Waals surface area contributed by atoms with Crippen molar-refractivity contribution in [2.24, 2.45) is 0 Å². The fraction of sp³-hybridized carbons (Fsp3) is 0.400. The van der Waals surface area contributed by atoms with Crippen LogP contribution >= 0.6 is 0 Å². The number of alkyl halides is 3. The maximum atomic E-state index is 12.6. The van der Waals surface area contributed by atoms with Crippen molar-refractivity contribution >= 4 is 18.5 Å². The average Bonchev–Trinajstić information content (AvgIpc) is 2.72. The van der Waals surface area contributed by atoms with Crippen LogP contribution in [0.1, 0.15) is 30.4 Å². The number of likely N-dealkylation sites (tertiary alicyclic amines) is 1. The van der Waals surface area contributed by atoms with Crippen LogP contribution in [0.3, 0.4) is 0 Å². The van der Waals surface area contributed by atoms with Crippen molar-refractivity contribution in [1.29, 1.82) is 0 Å². The first-order chi connectivity index (χ1) is 14.2. The molecule has 1 amide bonds. The predicted octanol–water partition coefficient (Wildman–Crippen LogP) is 1.78. The smallest absolute Gasteiger partial charge is 0.474 e. The molecule has 1 fully saturated rings. The zero-order chi connectivity index (χ0) is 21.7. The van der Waals surface area contributed by atoms with Crippen LogP contribution in [0.2, 0.25) is 0 Å². The molecule has 1 aliphatic heterocycles. The summed E-state index contributed by atoms with van der Waals surface area (Å²) >= 11 is 0. The van der Waals surface area contributed by atoms with E-state index in [9.17, 15) is 28.0 Å². The number of amides is 1. The molecule has 0 atom stereocenters. The lowest BCUT2D eigenvalue weighted by Crippen LogP contribution is -2.42. The van der Waals surface area contributed by atoms with E-state index in [0.717, 1.165) is 12.3 Å². The Bertz CT molecular complexity index is 854. The Balaban J connectivity index is 1.47. The number of carbonyl (C=O) groups is 1. The van der Waals surface area contributed by atoms with Gasteiger partial charge in [-0.05, 0) is 23.5 Å². The molecule has 2 aromatic rings. The van der Waals surface area contributed by atoms with E-state index >= 15 is 0 Å². The highest BCUT2D eigenvalue weighted by Gasteiger charge is 2.31. The SMILES string of the molecule is O=C(CCc1ccccc1B(O)O)N1CCC(Oc2ccc(C(F)(F)F)cn2)CC1. The minimum Gasteiger partial charge on any atom is -0.474 e. The van der Waals surface area contributed by atoms with Gasteiger partial charge in [-0.2, -0.15) is 13.2 Å². The largest absolute Gasteiger partial charge is 0.488 e. The van der Waals surface area contributed by atoms with Crippen molar-refractivity contribution in [3.8, 4) is 5.88 Å². The number of aryl methyl sites for hydroxylation is 1. The minimum absolute atomic E-state index is 0.0386. The molecule has 0 saturated carbocycles. The number of ether oxygens (including phenoxy) is 1. The number of nitrogens with zero attached hydrogens (tertiary/aromatic N) is 2. The van der Waals surface area contributed by atoms with E-state index < -0.39 is 18.9 Å². The van der Waals surface area contributed by atoms with Gasteiger partial charge in [0.1, 0.15) is 6.10 Å². The summed E-state index contributed by atoms with van der Waals surface area (Å²) in [5.74, 6) is 0.0929. The van der Waals surface area contributed by atoms with E-state index in [1.807, 2.05) is 0 Å². The number of pyridine rings is 1. The number of aromatic nitrogens is 1. The molecule has 2 N–H and O–H groups in total. The van der Waals surface area contributed by atoms with Gasteiger partial charge >= 0.3 is 13.3 Å². The highest BCUT2D eigenvalue weighted by atomic mass is 19.4. The normalized spacial score (nSPS) is 15.2. The Hall–Kier alpha value is -2.59. The third-order valence-corrected chi connectivity index (χ3v) is 5.09. The van der Waals surface area contributed by atoms with E-state index in [2.05, 4.69) is 4.98 Å². The second-order valence-electron chi connectivity index (χ2n) is 7.15. The van der Waals surface area contributed by atoms with Gasteiger partial charge in [-0.3, -0.25) is 4.79 Å². The van der Waals surface area contributed by atoms with E-state index in [4.69, 9.17) is 4.74 Å². The molecule has 10 heteroatoms. The number of benzene rings is 1. The van der Waals surface area contributed by atoms with E-state index in [1.54, 1.807) is 29.2 Å². The molecule has 2 heterocycles. The van der Waals surface area contributed by atoms with Crippen LogP contribution in [0.15, 0.2) is 42.6 Å². The van der Waals surface area contributed by atoms with Crippen molar-refractivity contribution in [2.45, 2.75) is 38.0 Å². The molecule has 0 aliphatic carbocycles. The molecule has 0 unspecified atom stereocenters. The molecule has 1 aromatic carbocycles. The van der Waals surface area contributed by atoms with E-state index in [0.29, 0.717) is 43.4 Å². The van der Waals surface area contributed by atoms with Crippen LogP contribution < -0.4 is 10.2 Å². The second kappa shape index (κ2) is 9.48. The van der Waals surface area contributed by atoms with Gasteiger partial charge in [-0.15, -0.1) is 0 Å². The molecular formula is C20H22BF3N2O4.